The SMILES string of the molecule is CCn1cc(CNC(=O)c2nn3c(C(F)(F)F)cc(-c4cccs4)nc3c2Cl)cn1. The molecule has 156 valence electrons. The first-order valence-electron chi connectivity index (χ1n) is 8.77. The highest BCUT2D eigenvalue weighted by Crippen LogP contribution is 2.35. The van der Waals surface area contributed by atoms with Crippen LogP contribution in [0.15, 0.2) is 36.0 Å². The van der Waals surface area contributed by atoms with Crippen LogP contribution >= 0.6 is 22.9 Å². The van der Waals surface area contributed by atoms with Crippen LogP contribution in [0.3, 0.4) is 0 Å². The molecule has 0 unspecified atom stereocenters. The minimum atomic E-state index is -4.72. The number of carbonyl (C=O) groups is 1. The second kappa shape index (κ2) is 7.73. The van der Waals surface area contributed by atoms with E-state index in [4.69, 9.17) is 11.6 Å². The van der Waals surface area contributed by atoms with Gasteiger partial charge in [-0.3, -0.25) is 9.48 Å². The number of alkyl halides is 3. The molecule has 0 saturated heterocycles. The molecule has 0 aromatic carbocycles. The summed E-state index contributed by atoms with van der Waals surface area (Å²) in [7, 11) is 0. The second-order valence-corrected chi connectivity index (χ2v) is 7.61. The third-order valence-corrected chi connectivity index (χ3v) is 5.52. The molecule has 30 heavy (non-hydrogen) atoms. The van der Waals surface area contributed by atoms with Crippen LogP contribution in [0.4, 0.5) is 13.2 Å². The minimum Gasteiger partial charge on any atom is -0.346 e. The maximum absolute atomic E-state index is 13.6. The highest BCUT2D eigenvalue weighted by Gasteiger charge is 2.36. The van der Waals surface area contributed by atoms with Crippen LogP contribution in [0.2, 0.25) is 5.02 Å². The number of hydrogen-bond donors (Lipinski definition) is 1. The molecular formula is C18H14ClF3N6OS. The quantitative estimate of drug-likeness (QED) is 0.488. The highest BCUT2D eigenvalue weighted by molar-refractivity contribution is 7.13. The van der Waals surface area contributed by atoms with Crippen molar-refractivity contribution >= 4 is 34.5 Å². The number of hydrogen-bond acceptors (Lipinski definition) is 5. The van der Waals surface area contributed by atoms with Gasteiger partial charge in [0.15, 0.2) is 17.0 Å². The van der Waals surface area contributed by atoms with E-state index in [0.29, 0.717) is 15.9 Å². The van der Waals surface area contributed by atoms with Crippen molar-refractivity contribution in [2.45, 2.75) is 26.2 Å². The standard InChI is InChI=1S/C18H14ClF3N6OS/c1-2-27-9-10(8-24-27)7-23-17(29)15-14(19)16-25-11(12-4-3-5-30-12)6-13(18(20,21)22)28(16)26-15/h3-6,8-9H,2,7H2,1H3,(H,23,29). The lowest BCUT2D eigenvalue weighted by molar-refractivity contribution is -0.142. The van der Waals surface area contributed by atoms with E-state index in [-0.39, 0.29) is 28.6 Å². The molecule has 4 aromatic heterocycles. The van der Waals surface area contributed by atoms with Crippen LogP contribution in [-0.4, -0.2) is 30.3 Å². The molecule has 0 fully saturated rings. The fourth-order valence-corrected chi connectivity index (χ4v) is 3.76. The largest absolute Gasteiger partial charge is 0.433 e. The van der Waals surface area contributed by atoms with E-state index in [0.717, 1.165) is 11.6 Å². The molecule has 0 aliphatic rings. The van der Waals surface area contributed by atoms with Gasteiger partial charge in [-0.05, 0) is 24.4 Å². The maximum atomic E-state index is 13.6. The van der Waals surface area contributed by atoms with Crippen LogP contribution in [0.1, 0.15) is 28.7 Å². The Labute approximate surface area is 177 Å². The zero-order valence-electron chi connectivity index (χ0n) is 15.4. The Morgan fingerprint density at radius 3 is 2.80 bits per heavy atom. The molecule has 4 heterocycles. The van der Waals surface area contributed by atoms with E-state index in [2.05, 4.69) is 20.5 Å². The molecule has 0 aliphatic carbocycles. The molecule has 0 aliphatic heterocycles. The van der Waals surface area contributed by atoms with Crippen LogP contribution in [-0.2, 0) is 19.3 Å². The lowest BCUT2D eigenvalue weighted by Gasteiger charge is -2.10. The van der Waals surface area contributed by atoms with E-state index in [1.54, 1.807) is 34.6 Å². The van der Waals surface area contributed by atoms with Gasteiger partial charge >= 0.3 is 6.18 Å². The number of amides is 1. The summed E-state index contributed by atoms with van der Waals surface area (Å²) in [6.45, 7) is 2.72. The molecule has 0 radical (unpaired) electrons. The minimum absolute atomic E-state index is 0.102. The number of rotatable bonds is 5. The van der Waals surface area contributed by atoms with E-state index in [1.165, 1.54) is 11.3 Å². The first kappa shape index (κ1) is 20.4. The van der Waals surface area contributed by atoms with Crippen molar-refractivity contribution in [3.05, 3.63) is 57.9 Å². The van der Waals surface area contributed by atoms with Gasteiger partial charge in [0.25, 0.3) is 5.91 Å². The molecule has 4 aromatic rings. The third kappa shape index (κ3) is 3.77. The van der Waals surface area contributed by atoms with Crippen molar-refractivity contribution in [3.63, 3.8) is 0 Å². The number of nitrogens with one attached hydrogen (secondary N) is 1. The van der Waals surface area contributed by atoms with Gasteiger partial charge in [-0.25, -0.2) is 9.50 Å². The zero-order chi connectivity index (χ0) is 21.5. The Hall–Kier alpha value is -2.92. The monoisotopic (exact) mass is 454 g/mol. The number of thiophene rings is 1. The molecule has 7 nitrogen and oxygen atoms in total. The van der Waals surface area contributed by atoms with Crippen molar-refractivity contribution < 1.29 is 18.0 Å². The predicted molar refractivity (Wildman–Crippen MR) is 105 cm³/mol. The number of aryl methyl sites for hydroxylation is 1. The first-order valence-corrected chi connectivity index (χ1v) is 10.0. The molecule has 0 saturated carbocycles. The Balaban J connectivity index is 1.72. The smallest absolute Gasteiger partial charge is 0.346 e. The van der Waals surface area contributed by atoms with Crippen molar-refractivity contribution in [1.29, 1.82) is 0 Å². The predicted octanol–water partition coefficient (Wildman–Crippen LogP) is 4.28. The van der Waals surface area contributed by atoms with Gasteiger partial charge in [-0.2, -0.15) is 23.4 Å². The van der Waals surface area contributed by atoms with Gasteiger partial charge in [0.05, 0.1) is 16.8 Å². The molecular weight excluding hydrogens is 441 g/mol. The normalized spacial score (nSPS) is 11.9. The van der Waals surface area contributed by atoms with Crippen molar-refractivity contribution in [2.24, 2.45) is 0 Å². The molecule has 1 amide bonds. The van der Waals surface area contributed by atoms with Crippen LogP contribution in [0.5, 0.6) is 0 Å². The lowest BCUT2D eigenvalue weighted by atomic mass is 10.2. The first-order chi connectivity index (χ1) is 14.3. The van der Waals surface area contributed by atoms with Gasteiger partial charge in [0.2, 0.25) is 0 Å². The highest BCUT2D eigenvalue weighted by atomic mass is 35.5. The summed E-state index contributed by atoms with van der Waals surface area (Å²) in [5.41, 5.74) is -0.800. The summed E-state index contributed by atoms with van der Waals surface area (Å²) >= 11 is 7.47. The Morgan fingerprint density at radius 1 is 1.37 bits per heavy atom. The van der Waals surface area contributed by atoms with Crippen molar-refractivity contribution in [1.82, 2.24) is 29.7 Å². The van der Waals surface area contributed by atoms with E-state index in [1.807, 2.05) is 6.92 Å². The van der Waals surface area contributed by atoms with Gasteiger partial charge in [-0.15, -0.1) is 11.3 Å². The molecule has 0 atom stereocenters. The van der Waals surface area contributed by atoms with Crippen molar-refractivity contribution in [3.8, 4) is 10.6 Å². The molecule has 1 N–H and O–H groups in total. The summed E-state index contributed by atoms with van der Waals surface area (Å²) in [5.74, 6) is -0.708. The number of halogens is 4. The van der Waals surface area contributed by atoms with E-state index in [9.17, 15) is 18.0 Å². The Morgan fingerprint density at radius 2 is 2.17 bits per heavy atom. The number of fused-ring (bicyclic) bond motifs is 1. The third-order valence-electron chi connectivity index (χ3n) is 4.28. The molecule has 4 rings (SSSR count). The Bertz CT molecular complexity index is 1210. The average Bonchev–Trinajstić information content (AvgIpc) is 3.45. The van der Waals surface area contributed by atoms with Crippen LogP contribution in [0, 0.1) is 0 Å². The summed E-state index contributed by atoms with van der Waals surface area (Å²) in [6, 6.07) is 4.25. The van der Waals surface area contributed by atoms with Gasteiger partial charge in [0.1, 0.15) is 5.02 Å². The zero-order valence-corrected chi connectivity index (χ0v) is 17.0. The fourth-order valence-electron chi connectivity index (χ4n) is 2.83. The summed E-state index contributed by atoms with van der Waals surface area (Å²) in [6.07, 6.45) is -1.38. The molecule has 0 spiro atoms. The molecule has 0 bridgehead atoms. The number of carbonyl (C=O) groups excluding carboxylic acids is 1. The lowest BCUT2D eigenvalue weighted by Crippen LogP contribution is -2.23. The van der Waals surface area contributed by atoms with Crippen LogP contribution < -0.4 is 5.32 Å². The van der Waals surface area contributed by atoms with Gasteiger partial charge < -0.3 is 5.32 Å². The number of aromatic nitrogens is 5. The Kier molecular flexibility index (Phi) is 5.24. The maximum Gasteiger partial charge on any atom is 0.433 e. The molecule has 12 heteroatoms. The summed E-state index contributed by atoms with van der Waals surface area (Å²) in [5, 5.41) is 12.0. The van der Waals surface area contributed by atoms with Crippen LogP contribution in [0.25, 0.3) is 16.2 Å². The van der Waals surface area contributed by atoms with Crippen molar-refractivity contribution in [2.75, 3.05) is 0 Å². The summed E-state index contributed by atoms with van der Waals surface area (Å²) in [4.78, 5) is 17.3. The van der Waals surface area contributed by atoms with Gasteiger partial charge in [0, 0.05) is 24.8 Å². The van der Waals surface area contributed by atoms with Gasteiger partial charge in [-0.1, -0.05) is 17.7 Å². The fraction of sp³-hybridized carbons (Fsp3) is 0.222. The topological polar surface area (TPSA) is 77.1 Å². The number of nitrogens with zero attached hydrogens (tertiary/aromatic N) is 5. The summed E-state index contributed by atoms with van der Waals surface area (Å²) < 4.78 is 43.2. The van der Waals surface area contributed by atoms with E-state index < -0.39 is 17.8 Å². The van der Waals surface area contributed by atoms with E-state index >= 15 is 0 Å². The second-order valence-electron chi connectivity index (χ2n) is 6.29. The average molecular weight is 455 g/mol.